The number of hydrogen-bond donors (Lipinski definition) is 1. The Kier molecular flexibility index (Phi) is 4.83. The minimum atomic E-state index is -0.119. The zero-order valence-corrected chi connectivity index (χ0v) is 13.5. The van der Waals surface area contributed by atoms with E-state index >= 15 is 0 Å². The summed E-state index contributed by atoms with van der Waals surface area (Å²) in [7, 11) is 1.66. The smallest absolute Gasteiger partial charge is 0.317 e. The maximum absolute atomic E-state index is 12.1. The summed E-state index contributed by atoms with van der Waals surface area (Å²) in [6.45, 7) is 1.63. The van der Waals surface area contributed by atoms with Crippen LogP contribution in [0.1, 0.15) is 12.1 Å². The van der Waals surface area contributed by atoms with Crippen molar-refractivity contribution in [2.75, 3.05) is 20.2 Å². The van der Waals surface area contributed by atoms with Crippen molar-refractivity contribution in [2.24, 2.45) is 0 Å². The molecule has 3 rings (SSSR count). The van der Waals surface area contributed by atoms with Crippen molar-refractivity contribution < 1.29 is 14.1 Å². The number of ether oxygens (including phenoxy) is 1. The maximum Gasteiger partial charge on any atom is 0.317 e. The van der Waals surface area contributed by atoms with Crippen LogP contribution in [-0.4, -0.2) is 42.4 Å². The number of hydrogen-bond acceptors (Lipinski definition) is 4. The van der Waals surface area contributed by atoms with E-state index in [1.54, 1.807) is 24.1 Å². The number of nitrogens with zero attached hydrogens (tertiary/aromatic N) is 2. The Labute approximate surface area is 139 Å². The molecular formula is C16H18ClN3O3. The van der Waals surface area contributed by atoms with Gasteiger partial charge in [0.15, 0.2) is 5.76 Å². The van der Waals surface area contributed by atoms with Crippen LogP contribution in [-0.2, 0) is 11.3 Å². The lowest BCUT2D eigenvalue weighted by Gasteiger charge is -2.16. The molecule has 1 aliphatic heterocycles. The molecule has 6 nitrogen and oxygen atoms in total. The zero-order valence-electron chi connectivity index (χ0n) is 12.8. The summed E-state index contributed by atoms with van der Waals surface area (Å²) in [5.74, 6) is 0.584. The molecule has 1 unspecified atom stereocenters. The van der Waals surface area contributed by atoms with E-state index in [0.29, 0.717) is 36.1 Å². The van der Waals surface area contributed by atoms with Crippen LogP contribution in [0.25, 0.3) is 11.3 Å². The van der Waals surface area contributed by atoms with E-state index in [-0.39, 0.29) is 12.1 Å². The van der Waals surface area contributed by atoms with Crippen molar-refractivity contribution >= 4 is 17.6 Å². The second-order valence-electron chi connectivity index (χ2n) is 5.41. The maximum atomic E-state index is 12.1. The first-order chi connectivity index (χ1) is 11.2. The van der Waals surface area contributed by atoms with Gasteiger partial charge in [0.05, 0.1) is 17.7 Å². The van der Waals surface area contributed by atoms with Crippen molar-refractivity contribution in [2.45, 2.75) is 19.1 Å². The molecule has 122 valence electrons. The van der Waals surface area contributed by atoms with Crippen LogP contribution in [0.15, 0.2) is 34.9 Å². The number of likely N-dealkylation sites (tertiary alicyclic amines) is 1. The van der Waals surface area contributed by atoms with Crippen molar-refractivity contribution in [1.82, 2.24) is 15.4 Å². The highest BCUT2D eigenvalue weighted by molar-refractivity contribution is 6.33. The standard InChI is InChI=1S/C16H18ClN3O3/c1-22-12-6-7-20(10-12)16(21)18-9-11-8-15(23-19-11)13-4-2-3-5-14(13)17/h2-5,8,12H,6-7,9-10H2,1H3,(H,18,21). The van der Waals surface area contributed by atoms with Crippen LogP contribution in [0.3, 0.4) is 0 Å². The second kappa shape index (κ2) is 7.02. The molecule has 1 fully saturated rings. The number of aromatic nitrogens is 1. The molecule has 2 aromatic rings. The van der Waals surface area contributed by atoms with Crippen LogP contribution in [0, 0.1) is 0 Å². The van der Waals surface area contributed by atoms with E-state index < -0.39 is 0 Å². The Hall–Kier alpha value is -2.05. The van der Waals surface area contributed by atoms with Crippen molar-refractivity contribution in [3.05, 3.63) is 41.0 Å². The zero-order chi connectivity index (χ0) is 16.2. The van der Waals surface area contributed by atoms with Gasteiger partial charge in [-0.05, 0) is 18.6 Å². The molecule has 1 aromatic carbocycles. The third-order valence-corrected chi connectivity index (χ3v) is 4.21. The summed E-state index contributed by atoms with van der Waals surface area (Å²) in [6.07, 6.45) is 0.990. The van der Waals surface area contributed by atoms with Crippen LogP contribution in [0.4, 0.5) is 4.79 Å². The quantitative estimate of drug-likeness (QED) is 0.932. The molecule has 0 radical (unpaired) electrons. The molecule has 1 atom stereocenters. The van der Waals surface area contributed by atoms with E-state index in [9.17, 15) is 4.79 Å². The largest absolute Gasteiger partial charge is 0.380 e. The summed E-state index contributed by atoms with van der Waals surface area (Å²) in [5, 5.41) is 7.41. The topological polar surface area (TPSA) is 67.6 Å². The molecule has 0 saturated carbocycles. The van der Waals surface area contributed by atoms with Gasteiger partial charge in [-0.3, -0.25) is 0 Å². The summed E-state index contributed by atoms with van der Waals surface area (Å²) >= 11 is 6.13. The molecule has 0 aliphatic carbocycles. The van der Waals surface area contributed by atoms with Crippen LogP contribution in [0.5, 0.6) is 0 Å². The van der Waals surface area contributed by atoms with Gasteiger partial charge in [-0.1, -0.05) is 28.9 Å². The lowest BCUT2D eigenvalue weighted by Crippen LogP contribution is -2.38. The van der Waals surface area contributed by atoms with Crippen LogP contribution >= 0.6 is 11.6 Å². The number of carbonyl (C=O) groups excluding carboxylic acids is 1. The van der Waals surface area contributed by atoms with Crippen molar-refractivity contribution in [3.8, 4) is 11.3 Å². The van der Waals surface area contributed by atoms with Gasteiger partial charge in [-0.2, -0.15) is 0 Å². The number of carbonyl (C=O) groups is 1. The molecule has 1 aliphatic rings. The number of halogens is 1. The Morgan fingerprint density at radius 2 is 2.35 bits per heavy atom. The first kappa shape index (κ1) is 15.8. The molecule has 0 bridgehead atoms. The molecule has 7 heteroatoms. The number of benzene rings is 1. The fourth-order valence-electron chi connectivity index (χ4n) is 2.57. The molecule has 2 heterocycles. The number of methoxy groups -OCH3 is 1. The van der Waals surface area contributed by atoms with Gasteiger partial charge in [0, 0.05) is 31.8 Å². The van der Waals surface area contributed by atoms with Crippen molar-refractivity contribution in [1.29, 1.82) is 0 Å². The van der Waals surface area contributed by atoms with Gasteiger partial charge in [0.25, 0.3) is 0 Å². The first-order valence-electron chi connectivity index (χ1n) is 7.43. The second-order valence-corrected chi connectivity index (χ2v) is 5.82. The van der Waals surface area contributed by atoms with E-state index in [1.165, 1.54) is 0 Å². The molecule has 23 heavy (non-hydrogen) atoms. The summed E-state index contributed by atoms with van der Waals surface area (Å²) in [4.78, 5) is 13.8. The molecule has 1 saturated heterocycles. The summed E-state index contributed by atoms with van der Waals surface area (Å²) < 4.78 is 10.6. The molecular weight excluding hydrogens is 318 g/mol. The van der Waals surface area contributed by atoms with E-state index in [0.717, 1.165) is 12.0 Å². The third-order valence-electron chi connectivity index (χ3n) is 3.88. The molecule has 2 amide bonds. The Bertz CT molecular complexity index is 689. The van der Waals surface area contributed by atoms with Gasteiger partial charge < -0.3 is 19.5 Å². The van der Waals surface area contributed by atoms with Crippen LogP contribution in [0.2, 0.25) is 5.02 Å². The number of nitrogens with one attached hydrogen (secondary N) is 1. The number of amides is 2. The Morgan fingerprint density at radius 3 is 3.09 bits per heavy atom. The van der Waals surface area contributed by atoms with Gasteiger partial charge in [-0.25, -0.2) is 4.79 Å². The van der Waals surface area contributed by atoms with E-state index in [2.05, 4.69) is 10.5 Å². The average molecular weight is 336 g/mol. The lowest BCUT2D eigenvalue weighted by molar-refractivity contribution is 0.110. The normalized spacial score (nSPS) is 17.5. The molecule has 0 spiro atoms. The molecule has 1 aromatic heterocycles. The van der Waals surface area contributed by atoms with Gasteiger partial charge in [-0.15, -0.1) is 0 Å². The highest BCUT2D eigenvalue weighted by Gasteiger charge is 2.25. The minimum absolute atomic E-state index is 0.119. The predicted molar refractivity (Wildman–Crippen MR) is 86.2 cm³/mol. The fraction of sp³-hybridized carbons (Fsp3) is 0.375. The fourth-order valence-corrected chi connectivity index (χ4v) is 2.79. The Morgan fingerprint density at radius 1 is 1.52 bits per heavy atom. The average Bonchev–Trinajstić information content (AvgIpc) is 3.22. The summed E-state index contributed by atoms with van der Waals surface area (Å²) in [6, 6.07) is 9.05. The van der Waals surface area contributed by atoms with Crippen molar-refractivity contribution in [3.63, 3.8) is 0 Å². The van der Waals surface area contributed by atoms with E-state index in [1.807, 2.05) is 18.2 Å². The summed E-state index contributed by atoms with van der Waals surface area (Å²) in [5.41, 5.74) is 1.43. The number of urea groups is 1. The van der Waals surface area contributed by atoms with Crippen LogP contribution < -0.4 is 5.32 Å². The molecule has 1 N–H and O–H groups in total. The van der Waals surface area contributed by atoms with Gasteiger partial charge in [0.2, 0.25) is 0 Å². The van der Waals surface area contributed by atoms with Gasteiger partial charge >= 0.3 is 6.03 Å². The Balaban J connectivity index is 1.58. The van der Waals surface area contributed by atoms with Gasteiger partial charge in [0.1, 0.15) is 5.69 Å². The van der Waals surface area contributed by atoms with E-state index in [4.69, 9.17) is 20.9 Å². The SMILES string of the molecule is COC1CCN(C(=O)NCc2cc(-c3ccccc3Cl)on2)C1. The first-order valence-corrected chi connectivity index (χ1v) is 7.81. The number of rotatable bonds is 4. The highest BCUT2D eigenvalue weighted by atomic mass is 35.5. The lowest BCUT2D eigenvalue weighted by atomic mass is 10.1. The predicted octanol–water partition coefficient (Wildman–Crippen LogP) is 2.93. The minimum Gasteiger partial charge on any atom is -0.380 e. The monoisotopic (exact) mass is 335 g/mol. The highest BCUT2D eigenvalue weighted by Crippen LogP contribution is 2.27. The third kappa shape index (κ3) is 3.65.